The topological polar surface area (TPSA) is 236 Å². The normalized spacial score (nSPS) is 11.7. The summed E-state index contributed by atoms with van der Waals surface area (Å²) >= 11 is 0. The van der Waals surface area contributed by atoms with Gasteiger partial charge in [-0.2, -0.15) is 0 Å². The Morgan fingerprint density at radius 3 is 1.17 bits per heavy atom. The first-order chi connectivity index (χ1) is 22.3. The number of aromatic carboxylic acids is 2. The Morgan fingerprint density at radius 1 is 0.583 bits per heavy atom. The third-order valence-corrected chi connectivity index (χ3v) is 5.71. The number of hydrogen-bond donors (Lipinski definition) is 3. The van der Waals surface area contributed by atoms with Crippen molar-refractivity contribution < 1.29 is 77.3 Å². The molecule has 260 valence electrons. The van der Waals surface area contributed by atoms with Crippen LogP contribution in [0.1, 0.15) is 69.1 Å². The summed E-state index contributed by atoms with van der Waals surface area (Å²) in [6.45, 7) is 16.5. The highest BCUT2D eigenvalue weighted by molar-refractivity contribution is 6.09. The smallest absolute Gasteiger partial charge is 0.339 e. The lowest BCUT2D eigenvalue weighted by Crippen LogP contribution is -2.33. The van der Waals surface area contributed by atoms with E-state index in [-0.39, 0.29) is 22.3 Å². The number of hydrogen-bond acceptors (Lipinski definition) is 14. The van der Waals surface area contributed by atoms with Gasteiger partial charge in [0.1, 0.15) is 19.8 Å². The average molecular weight is 677 g/mol. The number of carbonyl (C=O) groups excluding carboxylic acids is 5. The van der Waals surface area contributed by atoms with E-state index < -0.39 is 109 Å². The predicted octanol–water partition coefficient (Wildman–Crippen LogP) is 2.40. The van der Waals surface area contributed by atoms with Gasteiger partial charge >= 0.3 is 41.8 Å². The first-order valence-electron chi connectivity index (χ1n) is 13.8. The zero-order chi connectivity index (χ0) is 36.9. The van der Waals surface area contributed by atoms with Crippen molar-refractivity contribution in [3.8, 4) is 0 Å². The van der Waals surface area contributed by atoms with Crippen molar-refractivity contribution in [2.75, 3.05) is 26.4 Å². The molecule has 0 aliphatic rings. The third-order valence-electron chi connectivity index (χ3n) is 5.71. The molecular weight excluding hydrogens is 640 g/mol. The van der Waals surface area contributed by atoms with Gasteiger partial charge in [0.2, 0.25) is 0 Å². The van der Waals surface area contributed by atoms with Gasteiger partial charge in [0, 0.05) is 16.7 Å². The van der Waals surface area contributed by atoms with Crippen molar-refractivity contribution in [3.05, 3.63) is 83.0 Å². The van der Waals surface area contributed by atoms with Crippen LogP contribution < -0.4 is 0 Å². The molecular formula is C32H36O16. The third kappa shape index (κ3) is 12.6. The first-order valence-corrected chi connectivity index (χ1v) is 13.8. The summed E-state index contributed by atoms with van der Waals surface area (Å²) < 4.78 is 30.5. The Kier molecular flexibility index (Phi) is 15.6. The largest absolute Gasteiger partial charge is 0.478 e. The van der Waals surface area contributed by atoms with Crippen molar-refractivity contribution in [2.24, 2.45) is 0 Å². The van der Waals surface area contributed by atoms with Gasteiger partial charge in [0.25, 0.3) is 0 Å². The number of benzene rings is 1. The molecule has 1 rings (SSSR count). The van der Waals surface area contributed by atoms with Crippen LogP contribution in [0.3, 0.4) is 0 Å². The summed E-state index contributed by atoms with van der Waals surface area (Å²) in [7, 11) is 0. The Morgan fingerprint density at radius 2 is 0.896 bits per heavy atom. The van der Waals surface area contributed by atoms with Crippen LogP contribution in [0.2, 0.25) is 0 Å². The van der Waals surface area contributed by atoms with Crippen LogP contribution in [0.4, 0.5) is 0 Å². The monoisotopic (exact) mass is 676 g/mol. The summed E-state index contributed by atoms with van der Waals surface area (Å²) in [5, 5.41) is 29.6. The molecule has 16 heteroatoms. The van der Waals surface area contributed by atoms with E-state index >= 15 is 0 Å². The van der Waals surface area contributed by atoms with E-state index in [1.165, 1.54) is 27.7 Å². The minimum absolute atomic E-state index is 0.00472. The predicted molar refractivity (Wildman–Crippen MR) is 163 cm³/mol. The number of ether oxygens (including phenoxy) is 6. The fourth-order valence-corrected chi connectivity index (χ4v) is 3.17. The molecule has 0 bridgehead atoms. The molecule has 2 unspecified atom stereocenters. The molecule has 0 aromatic heterocycles. The van der Waals surface area contributed by atoms with Crippen LogP contribution in [-0.2, 0) is 42.8 Å². The lowest BCUT2D eigenvalue weighted by Gasteiger charge is -2.21. The molecule has 0 fully saturated rings. The Bertz CT molecular complexity index is 1490. The van der Waals surface area contributed by atoms with Crippen molar-refractivity contribution in [1.82, 2.24) is 0 Å². The van der Waals surface area contributed by atoms with E-state index in [1.807, 2.05) is 0 Å². The number of aliphatic hydroxyl groups is 1. The Labute approximate surface area is 274 Å². The van der Waals surface area contributed by atoms with Crippen molar-refractivity contribution in [2.45, 2.75) is 46.2 Å². The van der Waals surface area contributed by atoms with Crippen LogP contribution in [0.15, 0.2) is 60.7 Å². The van der Waals surface area contributed by atoms with Gasteiger partial charge in [-0.05, 0) is 45.4 Å². The fraction of sp³-hybridized carbons (Fsp3) is 0.344. The Balaban J connectivity index is 3.49. The maximum atomic E-state index is 13.2. The second-order valence-electron chi connectivity index (χ2n) is 10.3. The molecule has 48 heavy (non-hydrogen) atoms. The standard InChI is InChI=1S/C32H36O16/c1-15(2)27(37)43-11-19(12-44-28(38)16(3)4)47-31(41)23-9-22(26(35)36)24(10-21(23)25(33)34)32(42)48-20(13-45-29(39)17(5)6)14-46-30(40)18(7)8/h9-10,19-20,27,37H,1,3,5,7,11-14H2,2,4,6,8H3,(H,33,34)(H,35,36). The molecule has 0 heterocycles. The lowest BCUT2D eigenvalue weighted by molar-refractivity contribution is -0.148. The van der Waals surface area contributed by atoms with E-state index in [4.69, 9.17) is 28.4 Å². The van der Waals surface area contributed by atoms with Crippen LogP contribution >= 0.6 is 0 Å². The van der Waals surface area contributed by atoms with Crippen molar-refractivity contribution in [3.63, 3.8) is 0 Å². The minimum Gasteiger partial charge on any atom is -0.478 e. The van der Waals surface area contributed by atoms with Gasteiger partial charge in [-0.3, -0.25) is 0 Å². The van der Waals surface area contributed by atoms with Gasteiger partial charge in [-0.25, -0.2) is 33.6 Å². The SMILES string of the molecule is C=C(C)C(=O)OCC(COC(=O)C(=C)C)OC(=O)c1cc(C(=O)O)c(C(=O)OC(COC(=O)C(=C)C)COC(O)C(=C)C)cc1C(=O)O. The maximum Gasteiger partial charge on any atom is 0.339 e. The minimum atomic E-state index is -1.80. The molecule has 2 atom stereocenters. The molecule has 0 spiro atoms. The number of carbonyl (C=O) groups is 7. The molecule has 0 aliphatic carbocycles. The van der Waals surface area contributed by atoms with Gasteiger partial charge in [-0.15, -0.1) is 0 Å². The highest BCUT2D eigenvalue weighted by atomic mass is 16.6. The fourth-order valence-electron chi connectivity index (χ4n) is 3.17. The number of carboxylic acids is 2. The van der Waals surface area contributed by atoms with E-state index in [2.05, 4.69) is 26.3 Å². The summed E-state index contributed by atoms with van der Waals surface area (Å²) in [6, 6.07) is 1.08. The second-order valence-corrected chi connectivity index (χ2v) is 10.3. The molecule has 0 saturated heterocycles. The van der Waals surface area contributed by atoms with E-state index in [0.717, 1.165) is 0 Å². The van der Waals surface area contributed by atoms with Crippen LogP contribution in [0.25, 0.3) is 0 Å². The number of aliphatic hydroxyl groups excluding tert-OH is 1. The zero-order valence-electron chi connectivity index (χ0n) is 26.7. The Hall–Kier alpha value is -5.61. The van der Waals surface area contributed by atoms with E-state index in [1.54, 1.807) is 0 Å². The van der Waals surface area contributed by atoms with Gasteiger partial charge < -0.3 is 43.7 Å². The van der Waals surface area contributed by atoms with Crippen molar-refractivity contribution in [1.29, 1.82) is 0 Å². The average Bonchev–Trinajstić information content (AvgIpc) is 3.01. The molecule has 16 nitrogen and oxygen atoms in total. The molecule has 0 aliphatic heterocycles. The summed E-state index contributed by atoms with van der Waals surface area (Å²) in [6.07, 6.45) is -4.49. The van der Waals surface area contributed by atoms with Crippen LogP contribution in [0, 0.1) is 0 Å². The van der Waals surface area contributed by atoms with Gasteiger partial charge in [0.15, 0.2) is 18.5 Å². The molecule has 0 radical (unpaired) electrons. The van der Waals surface area contributed by atoms with Crippen LogP contribution in [-0.4, -0.2) is 102 Å². The van der Waals surface area contributed by atoms with E-state index in [9.17, 15) is 48.9 Å². The number of esters is 5. The molecule has 1 aromatic carbocycles. The zero-order valence-corrected chi connectivity index (χ0v) is 26.7. The van der Waals surface area contributed by atoms with Gasteiger partial charge in [-0.1, -0.05) is 26.3 Å². The van der Waals surface area contributed by atoms with Gasteiger partial charge in [0.05, 0.1) is 28.9 Å². The van der Waals surface area contributed by atoms with E-state index in [0.29, 0.717) is 12.1 Å². The summed E-state index contributed by atoms with van der Waals surface area (Å²) in [5.41, 5.74) is -3.37. The summed E-state index contributed by atoms with van der Waals surface area (Å²) in [5.74, 6) is -9.14. The number of carboxylic acid groups (broad SMARTS) is 2. The van der Waals surface area contributed by atoms with Crippen molar-refractivity contribution >= 4 is 41.8 Å². The summed E-state index contributed by atoms with van der Waals surface area (Å²) in [4.78, 5) is 86.3. The quantitative estimate of drug-likeness (QED) is 0.0627. The molecule has 1 aromatic rings. The lowest BCUT2D eigenvalue weighted by atomic mass is 9.98. The van der Waals surface area contributed by atoms with Crippen LogP contribution in [0.5, 0.6) is 0 Å². The molecule has 0 saturated carbocycles. The number of rotatable bonds is 19. The maximum absolute atomic E-state index is 13.2. The highest BCUT2D eigenvalue weighted by Crippen LogP contribution is 2.22. The molecule has 0 amide bonds. The molecule has 3 N–H and O–H groups in total. The first kappa shape index (κ1) is 40.4. The second kappa shape index (κ2) is 18.5. The highest BCUT2D eigenvalue weighted by Gasteiger charge is 2.31.